The van der Waals surface area contributed by atoms with Gasteiger partial charge in [-0.1, -0.05) is 6.07 Å². The fourth-order valence-corrected chi connectivity index (χ4v) is 2.62. The van der Waals surface area contributed by atoms with Gasteiger partial charge in [0.25, 0.3) is 0 Å². The van der Waals surface area contributed by atoms with Crippen LogP contribution in [0, 0.1) is 0 Å². The molecule has 3 heterocycles. The molecule has 0 radical (unpaired) electrons. The topological polar surface area (TPSA) is 71.2 Å². The highest BCUT2D eigenvalue weighted by Gasteiger charge is 2.16. The van der Waals surface area contributed by atoms with Crippen molar-refractivity contribution < 1.29 is 9.47 Å². The van der Waals surface area contributed by atoms with Crippen LogP contribution in [-0.4, -0.2) is 30.2 Å². The second kappa shape index (κ2) is 5.14. The molecule has 3 aromatic rings. The van der Waals surface area contributed by atoms with E-state index >= 15 is 0 Å². The van der Waals surface area contributed by atoms with Crippen LogP contribution in [0.5, 0.6) is 11.5 Å². The second-order valence-corrected chi connectivity index (χ2v) is 5.00. The van der Waals surface area contributed by atoms with Crippen molar-refractivity contribution in [3.05, 3.63) is 36.5 Å². The van der Waals surface area contributed by atoms with E-state index < -0.39 is 0 Å². The first kappa shape index (κ1) is 12.8. The molecule has 0 aliphatic carbocycles. The Hall–Kier alpha value is -2.89. The first-order valence-electron chi connectivity index (χ1n) is 7.16. The number of aromatic nitrogens is 2. The van der Waals surface area contributed by atoms with Gasteiger partial charge in [-0.15, -0.1) is 0 Å². The van der Waals surface area contributed by atoms with Crippen LogP contribution >= 0.6 is 0 Å². The molecule has 6 nitrogen and oxygen atoms in total. The largest absolute Gasteiger partial charge is 0.486 e. The minimum absolute atomic E-state index is 0.552. The number of benzene rings is 1. The third-order valence-corrected chi connectivity index (χ3v) is 3.63. The Bertz CT molecular complexity index is 828. The number of para-hydroxylation sites is 1. The molecule has 3 N–H and O–H groups in total. The molecule has 0 spiro atoms. The molecule has 0 atom stereocenters. The second-order valence-electron chi connectivity index (χ2n) is 5.00. The van der Waals surface area contributed by atoms with Crippen molar-refractivity contribution in [3.63, 3.8) is 0 Å². The number of ether oxygens (including phenoxy) is 2. The van der Waals surface area contributed by atoms with Gasteiger partial charge in [-0.2, -0.15) is 0 Å². The number of rotatable bonds is 3. The molecule has 6 heteroatoms. The average Bonchev–Trinajstić information content (AvgIpc) is 3.03. The van der Waals surface area contributed by atoms with Gasteiger partial charge < -0.3 is 25.1 Å². The van der Waals surface area contributed by atoms with Crippen molar-refractivity contribution in [2.75, 3.05) is 30.9 Å². The molecule has 2 aromatic heterocycles. The zero-order valence-corrected chi connectivity index (χ0v) is 12.1. The van der Waals surface area contributed by atoms with Crippen molar-refractivity contribution in [1.29, 1.82) is 0 Å². The lowest BCUT2D eigenvalue weighted by Crippen LogP contribution is -2.16. The summed E-state index contributed by atoms with van der Waals surface area (Å²) in [5.41, 5.74) is 2.68. The molecule has 0 saturated carbocycles. The summed E-state index contributed by atoms with van der Waals surface area (Å²) >= 11 is 0. The third kappa shape index (κ3) is 2.09. The van der Waals surface area contributed by atoms with Gasteiger partial charge in [0.15, 0.2) is 11.5 Å². The molecule has 0 fully saturated rings. The Morgan fingerprint density at radius 3 is 2.95 bits per heavy atom. The van der Waals surface area contributed by atoms with Gasteiger partial charge in [0.05, 0.1) is 5.69 Å². The minimum Gasteiger partial charge on any atom is -0.486 e. The van der Waals surface area contributed by atoms with E-state index in [0.29, 0.717) is 13.2 Å². The standard InChI is InChI=1S/C16H16N4O2/c1-17-12-9-14(20-16-10(12)5-6-18-16)19-11-3-2-4-13-15(11)22-8-7-21-13/h2-6,9H,7-8H2,1H3,(H3,17,18,19,20). The molecule has 0 bridgehead atoms. The Morgan fingerprint density at radius 1 is 1.14 bits per heavy atom. The van der Waals surface area contributed by atoms with Crippen LogP contribution in [0.3, 0.4) is 0 Å². The molecule has 22 heavy (non-hydrogen) atoms. The summed E-state index contributed by atoms with van der Waals surface area (Å²) in [5.74, 6) is 2.22. The number of fused-ring (bicyclic) bond motifs is 2. The maximum absolute atomic E-state index is 5.72. The molecule has 112 valence electrons. The molecule has 1 aliphatic heterocycles. The molecule has 0 amide bonds. The number of nitrogens with one attached hydrogen (secondary N) is 3. The van der Waals surface area contributed by atoms with E-state index in [0.717, 1.165) is 39.7 Å². The van der Waals surface area contributed by atoms with Crippen LogP contribution in [0.15, 0.2) is 36.5 Å². The molecule has 4 rings (SSSR count). The first-order chi connectivity index (χ1) is 10.8. The van der Waals surface area contributed by atoms with Crippen molar-refractivity contribution >= 4 is 28.2 Å². The quantitative estimate of drug-likeness (QED) is 0.692. The van der Waals surface area contributed by atoms with Gasteiger partial charge in [-0.05, 0) is 18.2 Å². The predicted molar refractivity (Wildman–Crippen MR) is 86.4 cm³/mol. The lowest BCUT2D eigenvalue weighted by atomic mass is 10.2. The van der Waals surface area contributed by atoms with Crippen molar-refractivity contribution in [2.45, 2.75) is 0 Å². The highest BCUT2D eigenvalue weighted by Crippen LogP contribution is 2.39. The summed E-state index contributed by atoms with van der Waals surface area (Å²) in [6, 6.07) is 9.76. The Morgan fingerprint density at radius 2 is 2.05 bits per heavy atom. The molecular formula is C16H16N4O2. The SMILES string of the molecule is CNc1cc(Nc2cccc3c2OCCO3)nc2[nH]ccc12. The Balaban J connectivity index is 1.75. The van der Waals surface area contributed by atoms with Crippen LogP contribution in [0.4, 0.5) is 17.2 Å². The average molecular weight is 296 g/mol. The third-order valence-electron chi connectivity index (χ3n) is 3.63. The van der Waals surface area contributed by atoms with Gasteiger partial charge in [-0.25, -0.2) is 4.98 Å². The first-order valence-corrected chi connectivity index (χ1v) is 7.16. The molecular weight excluding hydrogens is 280 g/mol. The molecule has 0 unspecified atom stereocenters. The lowest BCUT2D eigenvalue weighted by molar-refractivity contribution is 0.172. The number of pyridine rings is 1. The summed E-state index contributed by atoms with van der Waals surface area (Å²) in [6.45, 7) is 1.13. The van der Waals surface area contributed by atoms with Crippen molar-refractivity contribution in [2.24, 2.45) is 0 Å². The van der Waals surface area contributed by atoms with E-state index in [1.54, 1.807) is 0 Å². The summed E-state index contributed by atoms with van der Waals surface area (Å²) in [7, 11) is 1.90. The van der Waals surface area contributed by atoms with Gasteiger partial charge in [0.1, 0.15) is 24.7 Å². The van der Waals surface area contributed by atoms with Crippen LogP contribution in [0.2, 0.25) is 0 Å². The number of H-pyrrole nitrogens is 1. The van der Waals surface area contributed by atoms with E-state index in [1.165, 1.54) is 0 Å². The predicted octanol–water partition coefficient (Wildman–Crippen LogP) is 3.12. The fourth-order valence-electron chi connectivity index (χ4n) is 2.62. The van der Waals surface area contributed by atoms with E-state index in [9.17, 15) is 0 Å². The van der Waals surface area contributed by atoms with Gasteiger partial charge in [0.2, 0.25) is 0 Å². The van der Waals surface area contributed by atoms with Crippen molar-refractivity contribution in [1.82, 2.24) is 9.97 Å². The van der Waals surface area contributed by atoms with E-state index in [4.69, 9.17) is 9.47 Å². The normalized spacial score (nSPS) is 13.1. The minimum atomic E-state index is 0.552. The number of anilines is 3. The maximum atomic E-state index is 5.72. The molecule has 1 aliphatic rings. The lowest BCUT2D eigenvalue weighted by Gasteiger charge is -2.21. The Kier molecular flexibility index (Phi) is 3.00. The zero-order valence-electron chi connectivity index (χ0n) is 12.1. The summed E-state index contributed by atoms with van der Waals surface area (Å²) in [6.07, 6.45) is 1.88. The highest BCUT2D eigenvalue weighted by molar-refractivity contribution is 5.91. The van der Waals surface area contributed by atoms with Gasteiger partial charge in [0, 0.05) is 30.4 Å². The molecule has 1 aromatic carbocycles. The van der Waals surface area contributed by atoms with Crippen molar-refractivity contribution in [3.8, 4) is 11.5 Å². The van der Waals surface area contributed by atoms with Crippen LogP contribution in [0.1, 0.15) is 0 Å². The smallest absolute Gasteiger partial charge is 0.184 e. The molecule has 0 saturated heterocycles. The number of hydrogen-bond acceptors (Lipinski definition) is 5. The summed E-state index contributed by atoms with van der Waals surface area (Å²) in [5, 5.41) is 7.56. The van der Waals surface area contributed by atoms with E-state index in [2.05, 4.69) is 20.6 Å². The monoisotopic (exact) mass is 296 g/mol. The van der Waals surface area contributed by atoms with Crippen LogP contribution in [0.25, 0.3) is 11.0 Å². The number of aromatic amines is 1. The van der Waals surface area contributed by atoms with Gasteiger partial charge in [-0.3, -0.25) is 0 Å². The summed E-state index contributed by atoms with van der Waals surface area (Å²) < 4.78 is 11.3. The summed E-state index contributed by atoms with van der Waals surface area (Å²) in [4.78, 5) is 7.72. The Labute approximate surface area is 127 Å². The maximum Gasteiger partial charge on any atom is 0.184 e. The van der Waals surface area contributed by atoms with Crippen LogP contribution < -0.4 is 20.1 Å². The fraction of sp³-hybridized carbons (Fsp3) is 0.188. The number of hydrogen-bond donors (Lipinski definition) is 3. The van der Waals surface area contributed by atoms with E-state index in [-0.39, 0.29) is 0 Å². The van der Waals surface area contributed by atoms with Crippen LogP contribution in [-0.2, 0) is 0 Å². The number of nitrogens with zero attached hydrogens (tertiary/aromatic N) is 1. The van der Waals surface area contributed by atoms with Gasteiger partial charge >= 0.3 is 0 Å². The highest BCUT2D eigenvalue weighted by atomic mass is 16.6. The zero-order chi connectivity index (χ0) is 14.9. The van der Waals surface area contributed by atoms with E-state index in [1.807, 2.05) is 43.6 Å².